The third-order valence-corrected chi connectivity index (χ3v) is 2.02. The lowest BCUT2D eigenvalue weighted by molar-refractivity contribution is 0.487. The Morgan fingerprint density at radius 1 is 1.80 bits per heavy atom. The van der Waals surface area contributed by atoms with Crippen molar-refractivity contribution < 1.29 is 0 Å². The summed E-state index contributed by atoms with van der Waals surface area (Å²) < 4.78 is 0. The second kappa shape index (κ2) is 2.09. The molecule has 0 aliphatic carbocycles. The Kier molecular flexibility index (Phi) is 1.24. The average Bonchev–Trinajstić information content (AvgIpc) is 1.91. The summed E-state index contributed by atoms with van der Waals surface area (Å²) in [7, 11) is 0. The van der Waals surface area contributed by atoms with Gasteiger partial charge in [0.1, 0.15) is 6.17 Å². The molecule has 2 rings (SSSR count). The summed E-state index contributed by atoms with van der Waals surface area (Å²) in [6.45, 7) is 3.17. The van der Waals surface area contributed by atoms with Crippen LogP contribution < -0.4 is 10.6 Å². The van der Waals surface area contributed by atoms with Gasteiger partial charge in [0.25, 0.3) is 0 Å². The van der Waals surface area contributed by atoms with Crippen LogP contribution >= 0.6 is 0 Å². The zero-order valence-corrected chi connectivity index (χ0v) is 6.02. The molecule has 0 aromatic rings. The monoisotopic (exact) mass is 137 g/mol. The van der Waals surface area contributed by atoms with Crippen LogP contribution in [-0.2, 0) is 0 Å². The maximum Gasteiger partial charge on any atom is 0.126 e. The van der Waals surface area contributed by atoms with Crippen LogP contribution in [0.4, 0.5) is 0 Å². The topological polar surface area (TPSA) is 36.4 Å². The maximum absolute atomic E-state index is 4.19. The van der Waals surface area contributed by atoms with Crippen molar-refractivity contribution in [3.63, 3.8) is 0 Å². The van der Waals surface area contributed by atoms with Gasteiger partial charge in [0, 0.05) is 17.8 Å². The van der Waals surface area contributed by atoms with Gasteiger partial charge in [-0.15, -0.1) is 0 Å². The van der Waals surface area contributed by atoms with E-state index >= 15 is 0 Å². The van der Waals surface area contributed by atoms with Gasteiger partial charge >= 0.3 is 0 Å². The molecule has 0 spiro atoms. The number of nitrogens with one attached hydrogen (secondary N) is 2. The van der Waals surface area contributed by atoms with Crippen molar-refractivity contribution in [3.8, 4) is 0 Å². The highest BCUT2D eigenvalue weighted by Crippen LogP contribution is 2.19. The van der Waals surface area contributed by atoms with Crippen LogP contribution in [-0.4, -0.2) is 19.0 Å². The molecule has 0 saturated carbocycles. The van der Waals surface area contributed by atoms with E-state index in [2.05, 4.69) is 22.5 Å². The lowest BCUT2D eigenvalue weighted by Crippen LogP contribution is -2.49. The SMILES string of the molecule is CCC1=C2CNC2N=CN1. The third-order valence-electron chi connectivity index (χ3n) is 2.02. The lowest BCUT2D eigenvalue weighted by atomic mass is 10.0. The Balaban J connectivity index is 2.22. The first kappa shape index (κ1) is 5.92. The van der Waals surface area contributed by atoms with Crippen LogP contribution in [0.5, 0.6) is 0 Å². The van der Waals surface area contributed by atoms with Crippen molar-refractivity contribution in [2.75, 3.05) is 6.54 Å². The first-order valence-corrected chi connectivity index (χ1v) is 3.65. The predicted octanol–water partition coefficient (Wildman–Crippen LogP) is 0.211. The number of allylic oxidation sites excluding steroid dienone is 1. The quantitative estimate of drug-likeness (QED) is 0.542. The molecular formula is C7H11N3. The van der Waals surface area contributed by atoms with Gasteiger partial charge in [-0.3, -0.25) is 10.3 Å². The predicted molar refractivity (Wildman–Crippen MR) is 40.7 cm³/mol. The van der Waals surface area contributed by atoms with Gasteiger partial charge in [-0.2, -0.15) is 0 Å². The number of hydrogen-bond donors (Lipinski definition) is 2. The summed E-state index contributed by atoms with van der Waals surface area (Å²) in [5.74, 6) is 0. The summed E-state index contributed by atoms with van der Waals surface area (Å²) in [5, 5.41) is 6.36. The fraction of sp³-hybridized carbons (Fsp3) is 0.571. The molecule has 0 radical (unpaired) electrons. The molecule has 1 fully saturated rings. The van der Waals surface area contributed by atoms with E-state index in [1.54, 1.807) is 6.34 Å². The summed E-state index contributed by atoms with van der Waals surface area (Å²) in [5.41, 5.74) is 2.78. The van der Waals surface area contributed by atoms with Gasteiger partial charge in [-0.05, 0) is 6.42 Å². The third kappa shape index (κ3) is 0.671. The fourth-order valence-corrected chi connectivity index (χ4v) is 1.32. The van der Waals surface area contributed by atoms with Gasteiger partial charge in [-0.1, -0.05) is 6.92 Å². The molecule has 0 amide bonds. The van der Waals surface area contributed by atoms with Crippen LogP contribution in [0.2, 0.25) is 0 Å². The van der Waals surface area contributed by atoms with Gasteiger partial charge in [0.05, 0.1) is 6.34 Å². The molecule has 2 aliphatic rings. The lowest BCUT2D eigenvalue weighted by Gasteiger charge is -2.33. The molecule has 3 nitrogen and oxygen atoms in total. The van der Waals surface area contributed by atoms with Gasteiger partial charge in [-0.25, -0.2) is 0 Å². The summed E-state index contributed by atoms with van der Waals surface area (Å²) in [6.07, 6.45) is 3.16. The second-order valence-electron chi connectivity index (χ2n) is 2.56. The Bertz CT molecular complexity index is 201. The minimum absolute atomic E-state index is 0.302. The van der Waals surface area contributed by atoms with E-state index in [-0.39, 0.29) is 0 Å². The molecule has 10 heavy (non-hydrogen) atoms. The van der Waals surface area contributed by atoms with E-state index in [0.29, 0.717) is 6.17 Å². The largest absolute Gasteiger partial charge is 0.350 e. The van der Waals surface area contributed by atoms with E-state index in [0.717, 1.165) is 13.0 Å². The molecule has 0 aromatic heterocycles. The van der Waals surface area contributed by atoms with Crippen molar-refractivity contribution in [1.82, 2.24) is 10.6 Å². The van der Waals surface area contributed by atoms with E-state index < -0.39 is 0 Å². The Hall–Kier alpha value is -0.830. The molecule has 2 aliphatic heterocycles. The van der Waals surface area contributed by atoms with Crippen LogP contribution in [0.25, 0.3) is 0 Å². The molecule has 3 heteroatoms. The van der Waals surface area contributed by atoms with Crippen LogP contribution in [0.1, 0.15) is 13.3 Å². The van der Waals surface area contributed by atoms with Gasteiger partial charge in [0.15, 0.2) is 0 Å². The van der Waals surface area contributed by atoms with Crippen LogP contribution in [0, 0.1) is 0 Å². The van der Waals surface area contributed by atoms with Crippen LogP contribution in [0.15, 0.2) is 16.3 Å². The minimum atomic E-state index is 0.302. The molecule has 2 heterocycles. The van der Waals surface area contributed by atoms with Crippen molar-refractivity contribution >= 4 is 6.34 Å². The molecule has 1 unspecified atom stereocenters. The molecule has 1 atom stereocenters. The number of aliphatic imine (C=N–C) groups is 1. The Morgan fingerprint density at radius 2 is 2.70 bits per heavy atom. The molecule has 54 valence electrons. The minimum Gasteiger partial charge on any atom is -0.350 e. The standard InChI is InChI=1S/C7H11N3/c1-2-6-5-3-8-7(5)10-4-9-6/h4,7-8H,2-3H2,1H3,(H,9,10). The second-order valence-corrected chi connectivity index (χ2v) is 2.56. The number of nitrogens with zero attached hydrogens (tertiary/aromatic N) is 1. The van der Waals surface area contributed by atoms with E-state index in [9.17, 15) is 0 Å². The van der Waals surface area contributed by atoms with E-state index in [1.165, 1.54) is 11.3 Å². The summed E-state index contributed by atoms with van der Waals surface area (Å²) in [6, 6.07) is 0. The fourth-order valence-electron chi connectivity index (χ4n) is 1.32. The summed E-state index contributed by atoms with van der Waals surface area (Å²) >= 11 is 0. The Morgan fingerprint density at radius 3 is 3.20 bits per heavy atom. The van der Waals surface area contributed by atoms with E-state index in [1.807, 2.05) is 0 Å². The highest BCUT2D eigenvalue weighted by atomic mass is 15.2. The first-order chi connectivity index (χ1) is 4.92. The highest BCUT2D eigenvalue weighted by Gasteiger charge is 2.26. The molecule has 0 bridgehead atoms. The highest BCUT2D eigenvalue weighted by molar-refractivity contribution is 5.62. The zero-order valence-electron chi connectivity index (χ0n) is 6.02. The average molecular weight is 137 g/mol. The van der Waals surface area contributed by atoms with Crippen LogP contribution in [0.3, 0.4) is 0 Å². The van der Waals surface area contributed by atoms with E-state index in [4.69, 9.17) is 0 Å². The number of fused-ring (bicyclic) bond motifs is 1. The maximum atomic E-state index is 4.19. The first-order valence-electron chi connectivity index (χ1n) is 3.65. The molecule has 2 N–H and O–H groups in total. The number of rotatable bonds is 1. The van der Waals surface area contributed by atoms with Gasteiger partial charge < -0.3 is 5.32 Å². The smallest absolute Gasteiger partial charge is 0.126 e. The normalized spacial score (nSPS) is 29.1. The Labute approximate surface area is 60.2 Å². The van der Waals surface area contributed by atoms with Crippen molar-refractivity contribution in [2.24, 2.45) is 4.99 Å². The number of hydrogen-bond acceptors (Lipinski definition) is 3. The van der Waals surface area contributed by atoms with Crippen molar-refractivity contribution in [1.29, 1.82) is 0 Å². The molecular weight excluding hydrogens is 126 g/mol. The van der Waals surface area contributed by atoms with Crippen molar-refractivity contribution in [2.45, 2.75) is 19.5 Å². The summed E-state index contributed by atoms with van der Waals surface area (Å²) in [4.78, 5) is 4.19. The molecule has 0 aromatic carbocycles. The van der Waals surface area contributed by atoms with Crippen molar-refractivity contribution in [3.05, 3.63) is 11.3 Å². The molecule has 1 saturated heterocycles. The zero-order chi connectivity index (χ0) is 6.97. The van der Waals surface area contributed by atoms with Gasteiger partial charge in [0.2, 0.25) is 0 Å².